The van der Waals surface area contributed by atoms with E-state index >= 15 is 0 Å². The number of aromatic nitrogens is 1. The van der Waals surface area contributed by atoms with Crippen molar-refractivity contribution in [3.63, 3.8) is 0 Å². The SMILES string of the molecule is Cc1cc(C(=O)CCl)c(C)n1C1CCC1. The summed E-state index contributed by atoms with van der Waals surface area (Å²) in [5.74, 6) is 0.116. The van der Waals surface area contributed by atoms with Gasteiger partial charge in [-0.2, -0.15) is 0 Å². The van der Waals surface area contributed by atoms with E-state index in [1.165, 1.54) is 25.0 Å². The fourth-order valence-corrected chi connectivity index (χ4v) is 2.48. The van der Waals surface area contributed by atoms with E-state index in [1.54, 1.807) is 0 Å². The van der Waals surface area contributed by atoms with Crippen molar-refractivity contribution in [2.75, 3.05) is 5.88 Å². The third-order valence-electron chi connectivity index (χ3n) is 3.35. The Hall–Kier alpha value is -0.760. The zero-order chi connectivity index (χ0) is 11.0. The highest BCUT2D eigenvalue weighted by Crippen LogP contribution is 2.35. The Balaban J connectivity index is 2.38. The first-order chi connectivity index (χ1) is 7.15. The molecule has 2 nitrogen and oxygen atoms in total. The predicted molar refractivity (Wildman–Crippen MR) is 61.8 cm³/mol. The summed E-state index contributed by atoms with van der Waals surface area (Å²) in [4.78, 5) is 11.6. The Kier molecular flexibility index (Phi) is 2.87. The summed E-state index contributed by atoms with van der Waals surface area (Å²) in [5.41, 5.74) is 3.07. The molecule has 2 rings (SSSR count). The number of Topliss-reactive ketones (excluding diaryl/α,β-unsaturated/α-hetero) is 1. The monoisotopic (exact) mass is 225 g/mol. The van der Waals surface area contributed by atoms with Crippen LogP contribution < -0.4 is 0 Å². The Labute approximate surface area is 95.2 Å². The molecule has 1 fully saturated rings. The maximum atomic E-state index is 11.6. The van der Waals surface area contributed by atoms with Gasteiger partial charge in [0.1, 0.15) is 0 Å². The summed E-state index contributed by atoms with van der Waals surface area (Å²) in [6.45, 7) is 4.08. The summed E-state index contributed by atoms with van der Waals surface area (Å²) in [6, 6.07) is 2.58. The Morgan fingerprint density at radius 2 is 2.20 bits per heavy atom. The molecule has 0 unspecified atom stereocenters. The van der Waals surface area contributed by atoms with Gasteiger partial charge in [-0.25, -0.2) is 0 Å². The zero-order valence-corrected chi connectivity index (χ0v) is 9.97. The second-order valence-corrected chi connectivity index (χ2v) is 4.56. The van der Waals surface area contributed by atoms with Crippen molar-refractivity contribution < 1.29 is 4.79 Å². The molecule has 1 heterocycles. The van der Waals surface area contributed by atoms with Crippen LogP contribution in [0.15, 0.2) is 6.07 Å². The van der Waals surface area contributed by atoms with Crippen LogP contribution in [0.25, 0.3) is 0 Å². The van der Waals surface area contributed by atoms with Crippen molar-refractivity contribution in [2.24, 2.45) is 0 Å². The van der Waals surface area contributed by atoms with Crippen LogP contribution in [0.4, 0.5) is 0 Å². The quantitative estimate of drug-likeness (QED) is 0.572. The Morgan fingerprint density at radius 1 is 1.53 bits per heavy atom. The maximum absolute atomic E-state index is 11.6. The van der Waals surface area contributed by atoms with Crippen molar-refractivity contribution in [1.29, 1.82) is 0 Å². The summed E-state index contributed by atoms with van der Waals surface area (Å²) >= 11 is 5.59. The van der Waals surface area contributed by atoms with Crippen LogP contribution in [-0.4, -0.2) is 16.2 Å². The molecule has 15 heavy (non-hydrogen) atoms. The molecule has 1 aliphatic carbocycles. The molecule has 1 aromatic heterocycles. The molecule has 0 amide bonds. The average molecular weight is 226 g/mol. The highest BCUT2D eigenvalue weighted by atomic mass is 35.5. The van der Waals surface area contributed by atoms with Gasteiger partial charge in [-0.3, -0.25) is 4.79 Å². The normalized spacial score (nSPS) is 16.5. The average Bonchev–Trinajstić information content (AvgIpc) is 2.42. The van der Waals surface area contributed by atoms with Crippen LogP contribution in [0.5, 0.6) is 0 Å². The molecule has 1 aromatic rings. The van der Waals surface area contributed by atoms with E-state index in [0.717, 1.165) is 11.3 Å². The number of carbonyl (C=O) groups is 1. The van der Waals surface area contributed by atoms with Crippen LogP contribution in [0, 0.1) is 13.8 Å². The highest BCUT2D eigenvalue weighted by Gasteiger charge is 2.24. The van der Waals surface area contributed by atoms with E-state index in [2.05, 4.69) is 11.5 Å². The van der Waals surface area contributed by atoms with Gasteiger partial charge in [-0.15, -0.1) is 11.6 Å². The van der Waals surface area contributed by atoms with E-state index in [-0.39, 0.29) is 11.7 Å². The van der Waals surface area contributed by atoms with Crippen molar-refractivity contribution in [1.82, 2.24) is 4.57 Å². The van der Waals surface area contributed by atoms with Crippen LogP contribution in [0.1, 0.15) is 47.1 Å². The van der Waals surface area contributed by atoms with Crippen molar-refractivity contribution >= 4 is 17.4 Å². The van der Waals surface area contributed by atoms with Crippen molar-refractivity contribution in [2.45, 2.75) is 39.2 Å². The Bertz CT molecular complexity index is 391. The van der Waals surface area contributed by atoms with E-state index in [4.69, 9.17) is 11.6 Å². The second kappa shape index (κ2) is 4.01. The van der Waals surface area contributed by atoms with Gasteiger partial charge in [-0.1, -0.05) is 0 Å². The number of halogens is 1. The number of nitrogens with zero attached hydrogens (tertiary/aromatic N) is 1. The molecule has 0 aliphatic heterocycles. The second-order valence-electron chi connectivity index (χ2n) is 4.30. The number of ketones is 1. The molecule has 0 bridgehead atoms. The summed E-state index contributed by atoms with van der Waals surface area (Å²) in [7, 11) is 0. The first kappa shape index (κ1) is 10.7. The lowest BCUT2D eigenvalue weighted by Gasteiger charge is -2.30. The minimum Gasteiger partial charge on any atom is -0.345 e. The van der Waals surface area contributed by atoms with Gasteiger partial charge in [0.25, 0.3) is 0 Å². The fraction of sp³-hybridized carbons (Fsp3) is 0.583. The number of alkyl halides is 1. The lowest BCUT2D eigenvalue weighted by molar-refractivity contribution is 0.102. The molecule has 0 atom stereocenters. The molecule has 82 valence electrons. The number of aryl methyl sites for hydroxylation is 1. The number of rotatable bonds is 3. The minimum atomic E-state index is 0.0374. The first-order valence-electron chi connectivity index (χ1n) is 5.42. The topological polar surface area (TPSA) is 22.0 Å². The number of hydrogen-bond donors (Lipinski definition) is 0. The molecular weight excluding hydrogens is 210 g/mol. The van der Waals surface area contributed by atoms with Gasteiger partial charge in [0.2, 0.25) is 0 Å². The third-order valence-corrected chi connectivity index (χ3v) is 3.59. The molecule has 0 saturated heterocycles. The minimum absolute atomic E-state index is 0.0374. The van der Waals surface area contributed by atoms with Crippen LogP contribution in [0.2, 0.25) is 0 Å². The molecule has 1 aliphatic rings. The molecule has 0 spiro atoms. The Morgan fingerprint density at radius 3 is 2.67 bits per heavy atom. The van der Waals surface area contributed by atoms with E-state index in [9.17, 15) is 4.79 Å². The number of hydrogen-bond acceptors (Lipinski definition) is 1. The van der Waals surface area contributed by atoms with Gasteiger partial charge in [0.05, 0.1) is 5.88 Å². The molecule has 0 aromatic carbocycles. The molecular formula is C12H16ClNO. The summed E-state index contributed by atoms with van der Waals surface area (Å²) in [6.07, 6.45) is 3.79. The maximum Gasteiger partial charge on any atom is 0.179 e. The third kappa shape index (κ3) is 1.71. The first-order valence-corrected chi connectivity index (χ1v) is 5.96. The smallest absolute Gasteiger partial charge is 0.179 e. The summed E-state index contributed by atoms with van der Waals surface area (Å²) in [5, 5.41) is 0. The lowest BCUT2D eigenvalue weighted by Crippen LogP contribution is -2.19. The van der Waals surface area contributed by atoms with Gasteiger partial charge >= 0.3 is 0 Å². The fourth-order valence-electron chi connectivity index (χ4n) is 2.34. The van der Waals surface area contributed by atoms with Gasteiger partial charge < -0.3 is 4.57 Å². The predicted octanol–water partition coefficient (Wildman–Crippen LogP) is 3.25. The van der Waals surface area contributed by atoms with Crippen molar-refractivity contribution in [3.05, 3.63) is 23.0 Å². The van der Waals surface area contributed by atoms with Crippen molar-refractivity contribution in [3.8, 4) is 0 Å². The van der Waals surface area contributed by atoms with Gasteiger partial charge in [0.15, 0.2) is 5.78 Å². The van der Waals surface area contributed by atoms with E-state index < -0.39 is 0 Å². The highest BCUT2D eigenvalue weighted by molar-refractivity contribution is 6.30. The molecule has 3 heteroatoms. The zero-order valence-electron chi connectivity index (χ0n) is 9.22. The molecule has 1 saturated carbocycles. The van der Waals surface area contributed by atoms with E-state index in [0.29, 0.717) is 6.04 Å². The standard InChI is InChI=1S/C12H16ClNO/c1-8-6-11(12(15)7-13)9(2)14(8)10-4-3-5-10/h6,10H,3-5,7H2,1-2H3. The van der Waals surface area contributed by atoms with E-state index in [1.807, 2.05) is 13.0 Å². The molecule has 0 radical (unpaired) electrons. The summed E-state index contributed by atoms with van der Waals surface area (Å²) < 4.78 is 2.29. The molecule has 0 N–H and O–H groups in total. The van der Waals surface area contributed by atoms with Gasteiger partial charge in [-0.05, 0) is 39.2 Å². The lowest BCUT2D eigenvalue weighted by atomic mass is 9.92. The van der Waals surface area contributed by atoms with Crippen LogP contribution in [-0.2, 0) is 0 Å². The van der Waals surface area contributed by atoms with Crippen LogP contribution >= 0.6 is 11.6 Å². The van der Waals surface area contributed by atoms with Gasteiger partial charge in [0, 0.05) is 23.0 Å². The van der Waals surface area contributed by atoms with Crippen LogP contribution in [0.3, 0.4) is 0 Å². The largest absolute Gasteiger partial charge is 0.345 e. The number of carbonyl (C=O) groups excluding carboxylic acids is 1.